The summed E-state index contributed by atoms with van der Waals surface area (Å²) >= 11 is 0. The number of nitrogens with zero attached hydrogens (tertiary/aromatic N) is 1. The summed E-state index contributed by atoms with van der Waals surface area (Å²) in [5.41, 5.74) is 3.78. The quantitative estimate of drug-likeness (QED) is 0.628. The summed E-state index contributed by atoms with van der Waals surface area (Å²) < 4.78 is 0. The number of nitrogens with one attached hydrogen (secondary N) is 1. The van der Waals surface area contributed by atoms with Crippen LogP contribution in [0.2, 0.25) is 0 Å². The molecule has 1 heterocycles. The maximum Gasteiger partial charge on any atom is 0.121 e. The second-order valence-corrected chi connectivity index (χ2v) is 6.55. The zero-order valence-electron chi connectivity index (χ0n) is 15.0. The van der Waals surface area contributed by atoms with Crippen LogP contribution in [0.4, 0.5) is 0 Å². The highest BCUT2D eigenvalue weighted by Gasteiger charge is 2.28. The number of halogens is 1. The summed E-state index contributed by atoms with van der Waals surface area (Å²) in [6.07, 6.45) is 5.12. The predicted molar refractivity (Wildman–Crippen MR) is 116 cm³/mol. The third-order valence-corrected chi connectivity index (χ3v) is 4.67. The Labute approximate surface area is 167 Å². The highest BCUT2D eigenvalue weighted by Crippen LogP contribution is 2.27. The van der Waals surface area contributed by atoms with E-state index in [1.165, 1.54) is 16.7 Å². The third kappa shape index (κ3) is 4.87. The summed E-state index contributed by atoms with van der Waals surface area (Å²) in [5.74, 6) is 0.948. The van der Waals surface area contributed by atoms with E-state index in [1.807, 2.05) is 6.07 Å². The lowest BCUT2D eigenvalue weighted by molar-refractivity contribution is 0.545. The molecule has 0 saturated heterocycles. The molecule has 0 spiro atoms. The average Bonchev–Trinajstić information content (AvgIpc) is 3.11. The van der Waals surface area contributed by atoms with Crippen molar-refractivity contribution >= 4 is 24.3 Å². The fourth-order valence-corrected chi connectivity index (χ4v) is 3.36. The largest absolute Gasteiger partial charge is 0.361 e. The highest BCUT2D eigenvalue weighted by atomic mass is 35.5. The molecule has 4 rings (SSSR count). The van der Waals surface area contributed by atoms with Gasteiger partial charge in [-0.05, 0) is 29.2 Å². The topological polar surface area (TPSA) is 24.4 Å². The van der Waals surface area contributed by atoms with Crippen LogP contribution in [0.25, 0.3) is 6.08 Å². The van der Waals surface area contributed by atoms with Crippen LogP contribution < -0.4 is 5.32 Å². The Kier molecular flexibility index (Phi) is 6.45. The second kappa shape index (κ2) is 9.20. The van der Waals surface area contributed by atoms with Crippen LogP contribution in [0, 0.1) is 0 Å². The molecule has 0 aromatic heterocycles. The Morgan fingerprint density at radius 1 is 0.741 bits per heavy atom. The van der Waals surface area contributed by atoms with E-state index in [2.05, 4.69) is 102 Å². The summed E-state index contributed by atoms with van der Waals surface area (Å²) in [4.78, 5) is 4.97. The van der Waals surface area contributed by atoms with Crippen molar-refractivity contribution in [2.75, 3.05) is 0 Å². The first-order chi connectivity index (χ1) is 12.9. The van der Waals surface area contributed by atoms with Gasteiger partial charge in [0.25, 0.3) is 0 Å². The van der Waals surface area contributed by atoms with Gasteiger partial charge in [-0.3, -0.25) is 4.99 Å². The molecule has 3 heteroatoms. The molecule has 2 unspecified atom stereocenters. The van der Waals surface area contributed by atoms with E-state index in [0.29, 0.717) is 0 Å². The van der Waals surface area contributed by atoms with Crippen molar-refractivity contribution in [3.8, 4) is 0 Å². The first-order valence-electron chi connectivity index (χ1n) is 9.05. The molecule has 136 valence electrons. The van der Waals surface area contributed by atoms with Gasteiger partial charge in [0.05, 0.1) is 12.1 Å². The van der Waals surface area contributed by atoms with E-state index in [4.69, 9.17) is 4.99 Å². The molecular weight excluding hydrogens is 352 g/mol. The molecule has 1 N–H and O–H groups in total. The fourth-order valence-electron chi connectivity index (χ4n) is 3.36. The Hall–Kier alpha value is -2.84. The Balaban J connectivity index is 0.00000210. The molecule has 0 fully saturated rings. The van der Waals surface area contributed by atoms with Crippen LogP contribution in [0.3, 0.4) is 0 Å². The van der Waals surface area contributed by atoms with Crippen molar-refractivity contribution in [1.29, 1.82) is 0 Å². The maximum absolute atomic E-state index is 4.97. The Morgan fingerprint density at radius 2 is 1.33 bits per heavy atom. The molecule has 2 atom stereocenters. The van der Waals surface area contributed by atoms with Gasteiger partial charge in [-0.1, -0.05) is 97.1 Å². The molecule has 0 amide bonds. The maximum atomic E-state index is 4.97. The van der Waals surface area contributed by atoms with Gasteiger partial charge in [0, 0.05) is 0 Å². The Bertz CT molecular complexity index is 889. The van der Waals surface area contributed by atoms with E-state index >= 15 is 0 Å². The molecule has 0 bridgehead atoms. The van der Waals surface area contributed by atoms with Crippen LogP contribution in [0.5, 0.6) is 0 Å². The summed E-state index contributed by atoms with van der Waals surface area (Å²) in [6, 6.07) is 31.9. The molecular formula is C24H23ClN2. The number of rotatable bonds is 5. The summed E-state index contributed by atoms with van der Waals surface area (Å²) in [6.45, 7) is 0. The van der Waals surface area contributed by atoms with Crippen molar-refractivity contribution < 1.29 is 0 Å². The van der Waals surface area contributed by atoms with E-state index in [9.17, 15) is 0 Å². The smallest absolute Gasteiger partial charge is 0.121 e. The SMILES string of the molecule is C(=Cc1ccccc1)C1=NC(Cc2ccccc2)C(c2ccccc2)N1.Cl. The normalized spacial score (nSPS) is 18.6. The van der Waals surface area contributed by atoms with E-state index in [1.54, 1.807) is 0 Å². The molecule has 0 aliphatic carbocycles. The van der Waals surface area contributed by atoms with Gasteiger partial charge >= 0.3 is 0 Å². The second-order valence-electron chi connectivity index (χ2n) is 6.55. The standard InChI is InChI=1S/C24H22N2.ClH/c1-4-10-19(11-5-1)16-17-23-25-22(18-20-12-6-2-7-13-20)24(26-23)21-14-8-3-9-15-21;/h1-17,22,24H,18H2,(H,25,26);1H. The first kappa shape index (κ1) is 18.9. The van der Waals surface area contributed by atoms with Crippen LogP contribution in [0.15, 0.2) is 102 Å². The van der Waals surface area contributed by atoms with Crippen molar-refractivity contribution in [2.45, 2.75) is 18.5 Å². The van der Waals surface area contributed by atoms with Crippen LogP contribution in [-0.2, 0) is 6.42 Å². The van der Waals surface area contributed by atoms with Gasteiger partial charge in [0.15, 0.2) is 0 Å². The molecule has 0 radical (unpaired) electrons. The van der Waals surface area contributed by atoms with Crippen molar-refractivity contribution in [3.63, 3.8) is 0 Å². The van der Waals surface area contributed by atoms with Gasteiger partial charge in [-0.2, -0.15) is 0 Å². The van der Waals surface area contributed by atoms with Crippen molar-refractivity contribution in [1.82, 2.24) is 5.32 Å². The van der Waals surface area contributed by atoms with Gasteiger partial charge in [-0.15, -0.1) is 12.4 Å². The van der Waals surface area contributed by atoms with Crippen LogP contribution in [0.1, 0.15) is 22.7 Å². The first-order valence-corrected chi connectivity index (χ1v) is 9.05. The number of aliphatic imine (C=N–C) groups is 1. The monoisotopic (exact) mass is 374 g/mol. The van der Waals surface area contributed by atoms with Crippen LogP contribution in [-0.4, -0.2) is 11.9 Å². The number of hydrogen-bond donors (Lipinski definition) is 1. The molecule has 3 aromatic rings. The van der Waals surface area contributed by atoms with E-state index < -0.39 is 0 Å². The lowest BCUT2D eigenvalue weighted by atomic mass is 9.95. The average molecular weight is 375 g/mol. The van der Waals surface area contributed by atoms with Crippen molar-refractivity contribution in [2.24, 2.45) is 4.99 Å². The zero-order chi connectivity index (χ0) is 17.6. The number of amidine groups is 1. The molecule has 27 heavy (non-hydrogen) atoms. The number of benzene rings is 3. The van der Waals surface area contributed by atoms with Gasteiger partial charge in [0.2, 0.25) is 0 Å². The zero-order valence-corrected chi connectivity index (χ0v) is 15.8. The fraction of sp³-hybridized carbons (Fsp3) is 0.125. The van der Waals surface area contributed by atoms with Crippen LogP contribution >= 0.6 is 12.4 Å². The highest BCUT2D eigenvalue weighted by molar-refractivity contribution is 5.98. The minimum absolute atomic E-state index is 0. The molecule has 1 aliphatic rings. The summed E-state index contributed by atoms with van der Waals surface area (Å²) in [5, 5.41) is 3.61. The lowest BCUT2D eigenvalue weighted by Crippen LogP contribution is -2.27. The van der Waals surface area contributed by atoms with Gasteiger partial charge in [-0.25, -0.2) is 0 Å². The minimum atomic E-state index is 0. The number of hydrogen-bond acceptors (Lipinski definition) is 2. The van der Waals surface area contributed by atoms with E-state index in [-0.39, 0.29) is 24.5 Å². The Morgan fingerprint density at radius 3 is 2.00 bits per heavy atom. The minimum Gasteiger partial charge on any atom is -0.361 e. The molecule has 2 nitrogen and oxygen atoms in total. The lowest BCUT2D eigenvalue weighted by Gasteiger charge is -2.19. The predicted octanol–water partition coefficient (Wildman–Crippen LogP) is 5.48. The summed E-state index contributed by atoms with van der Waals surface area (Å²) in [7, 11) is 0. The van der Waals surface area contributed by atoms with Crippen molar-refractivity contribution in [3.05, 3.63) is 114 Å². The molecule has 1 aliphatic heterocycles. The van der Waals surface area contributed by atoms with E-state index in [0.717, 1.165) is 12.3 Å². The van der Waals surface area contributed by atoms with Gasteiger partial charge in [0.1, 0.15) is 5.84 Å². The molecule has 0 saturated carbocycles. The molecule has 3 aromatic carbocycles. The third-order valence-electron chi connectivity index (χ3n) is 4.67. The van der Waals surface area contributed by atoms with Gasteiger partial charge < -0.3 is 5.32 Å².